The molecule has 2 heterocycles. The van der Waals surface area contributed by atoms with Gasteiger partial charge in [0, 0.05) is 7.11 Å². The van der Waals surface area contributed by atoms with Gasteiger partial charge in [0.25, 0.3) is 0 Å². The van der Waals surface area contributed by atoms with Crippen LogP contribution in [0.2, 0.25) is 0 Å². The number of methoxy groups -OCH3 is 2. The van der Waals surface area contributed by atoms with Crippen LogP contribution in [-0.4, -0.2) is 56.6 Å². The zero-order chi connectivity index (χ0) is 14.9. The van der Waals surface area contributed by atoms with Crippen LogP contribution in [0.1, 0.15) is 5.56 Å². The third kappa shape index (κ3) is 2.54. The summed E-state index contributed by atoms with van der Waals surface area (Å²) in [5.41, 5.74) is 0.196. The molecule has 2 bridgehead atoms. The molecule has 4 atom stereocenters. The van der Waals surface area contributed by atoms with E-state index in [1.54, 1.807) is 14.2 Å². The summed E-state index contributed by atoms with van der Waals surface area (Å²) in [5.74, 6) is 0.803. The lowest BCUT2D eigenvalue weighted by Gasteiger charge is -2.28. The maximum atomic E-state index is 9.64. The van der Waals surface area contributed by atoms with Gasteiger partial charge in [-0.25, -0.2) is 0 Å². The molecule has 1 aromatic rings. The predicted octanol–water partition coefficient (Wildman–Crippen LogP) is 0.713. The molecule has 2 aliphatic rings. The Balaban J connectivity index is 1.66. The van der Waals surface area contributed by atoms with E-state index in [4.69, 9.17) is 23.7 Å². The van der Waals surface area contributed by atoms with Crippen LogP contribution in [-0.2, 0) is 25.6 Å². The first-order valence-corrected chi connectivity index (χ1v) is 6.90. The zero-order valence-corrected chi connectivity index (χ0v) is 12.2. The van der Waals surface area contributed by atoms with Gasteiger partial charge in [-0.05, 0) is 17.7 Å². The molecule has 2 fully saturated rings. The van der Waals surface area contributed by atoms with Gasteiger partial charge in [-0.3, -0.25) is 0 Å². The van der Waals surface area contributed by atoms with Crippen LogP contribution in [0.25, 0.3) is 0 Å². The molecular weight excluding hydrogens is 276 g/mol. The lowest BCUT2D eigenvalue weighted by Crippen LogP contribution is -2.45. The van der Waals surface area contributed by atoms with Crippen molar-refractivity contribution in [3.63, 3.8) is 0 Å². The Kier molecular flexibility index (Phi) is 4.14. The van der Waals surface area contributed by atoms with E-state index < -0.39 is 11.9 Å². The molecule has 0 aliphatic carbocycles. The summed E-state index contributed by atoms with van der Waals surface area (Å²) < 4.78 is 27.7. The highest BCUT2D eigenvalue weighted by atomic mass is 16.8. The Labute approximate surface area is 123 Å². The van der Waals surface area contributed by atoms with Gasteiger partial charge in [0.2, 0.25) is 0 Å². The van der Waals surface area contributed by atoms with Crippen molar-refractivity contribution in [2.24, 2.45) is 0 Å². The maximum Gasteiger partial charge on any atom is 0.187 e. The summed E-state index contributed by atoms with van der Waals surface area (Å²) in [6.07, 6.45) is -1.14. The molecule has 0 radical (unpaired) electrons. The molecule has 0 aromatic heterocycles. The number of hydrogen-bond donors (Lipinski definition) is 1. The van der Waals surface area contributed by atoms with Crippen LogP contribution < -0.4 is 4.74 Å². The molecule has 21 heavy (non-hydrogen) atoms. The van der Waals surface area contributed by atoms with E-state index in [2.05, 4.69) is 0 Å². The lowest BCUT2D eigenvalue weighted by molar-refractivity contribution is -0.242. The fraction of sp³-hybridized carbons (Fsp3) is 0.600. The van der Waals surface area contributed by atoms with Crippen molar-refractivity contribution in [3.05, 3.63) is 29.8 Å². The van der Waals surface area contributed by atoms with Gasteiger partial charge in [0.15, 0.2) is 6.29 Å². The van der Waals surface area contributed by atoms with Crippen molar-refractivity contribution in [1.82, 2.24) is 0 Å². The zero-order valence-electron chi connectivity index (χ0n) is 12.2. The first-order valence-electron chi connectivity index (χ1n) is 6.90. The van der Waals surface area contributed by atoms with E-state index in [-0.39, 0.29) is 18.8 Å². The smallest absolute Gasteiger partial charge is 0.187 e. The maximum absolute atomic E-state index is 9.64. The second kappa shape index (κ2) is 5.90. The molecule has 6 heteroatoms. The number of aliphatic hydroxyl groups is 1. The fourth-order valence-electron chi connectivity index (χ4n) is 2.84. The molecular formula is C15H20O6. The topological polar surface area (TPSA) is 66.4 Å². The number of aliphatic hydroxyl groups excluding tert-OH is 1. The molecule has 0 saturated carbocycles. The van der Waals surface area contributed by atoms with Gasteiger partial charge in [-0.1, -0.05) is 12.1 Å². The highest BCUT2D eigenvalue weighted by Gasteiger charge is 2.62. The summed E-state index contributed by atoms with van der Waals surface area (Å²) in [6, 6.07) is 7.65. The highest BCUT2D eigenvalue weighted by Crippen LogP contribution is 2.42. The van der Waals surface area contributed by atoms with Crippen molar-refractivity contribution in [1.29, 1.82) is 0 Å². The van der Waals surface area contributed by atoms with E-state index in [0.717, 1.165) is 11.3 Å². The van der Waals surface area contributed by atoms with E-state index in [9.17, 15) is 5.11 Å². The lowest BCUT2D eigenvalue weighted by atomic mass is 10.0. The third-order valence-corrected chi connectivity index (χ3v) is 4.04. The average molecular weight is 296 g/mol. The largest absolute Gasteiger partial charge is 0.497 e. The summed E-state index contributed by atoms with van der Waals surface area (Å²) in [4.78, 5) is 0. The molecule has 1 N–H and O–H groups in total. The van der Waals surface area contributed by atoms with Crippen LogP contribution in [0.15, 0.2) is 24.3 Å². The SMILES string of the molecule is COc1ccc(CO[C@@H]2[C@@H]3OC[C@@]2(CO)O[C@@H]3OC)cc1. The Morgan fingerprint density at radius 3 is 2.67 bits per heavy atom. The van der Waals surface area contributed by atoms with Crippen molar-refractivity contribution < 1.29 is 28.8 Å². The minimum Gasteiger partial charge on any atom is -0.497 e. The number of ether oxygens (including phenoxy) is 5. The van der Waals surface area contributed by atoms with E-state index in [0.29, 0.717) is 13.2 Å². The van der Waals surface area contributed by atoms with Gasteiger partial charge < -0.3 is 28.8 Å². The molecule has 6 nitrogen and oxygen atoms in total. The van der Waals surface area contributed by atoms with Crippen LogP contribution in [0, 0.1) is 0 Å². The first-order chi connectivity index (χ1) is 10.2. The van der Waals surface area contributed by atoms with E-state index >= 15 is 0 Å². The Morgan fingerprint density at radius 1 is 1.29 bits per heavy atom. The van der Waals surface area contributed by atoms with Gasteiger partial charge >= 0.3 is 0 Å². The summed E-state index contributed by atoms with van der Waals surface area (Å²) in [6.45, 7) is 0.577. The summed E-state index contributed by atoms with van der Waals surface area (Å²) >= 11 is 0. The number of fused-ring (bicyclic) bond motifs is 2. The van der Waals surface area contributed by atoms with Crippen LogP contribution >= 0.6 is 0 Å². The third-order valence-electron chi connectivity index (χ3n) is 4.04. The molecule has 1 aromatic carbocycles. The minimum absolute atomic E-state index is 0.156. The molecule has 3 rings (SSSR count). The molecule has 2 aliphatic heterocycles. The van der Waals surface area contributed by atoms with Crippen molar-refractivity contribution in [3.8, 4) is 5.75 Å². The minimum atomic E-state index is -0.822. The summed E-state index contributed by atoms with van der Waals surface area (Å²) in [5, 5.41) is 9.64. The normalized spacial score (nSPS) is 34.3. The van der Waals surface area contributed by atoms with Crippen LogP contribution in [0.4, 0.5) is 0 Å². The highest BCUT2D eigenvalue weighted by molar-refractivity contribution is 5.26. The Hall–Kier alpha value is -1.18. The number of rotatable bonds is 6. The molecule has 0 spiro atoms. The molecule has 2 saturated heterocycles. The Bertz CT molecular complexity index is 476. The molecule has 0 unspecified atom stereocenters. The van der Waals surface area contributed by atoms with Gasteiger partial charge in [-0.15, -0.1) is 0 Å². The fourth-order valence-corrected chi connectivity index (χ4v) is 2.84. The molecule has 116 valence electrons. The van der Waals surface area contributed by atoms with E-state index in [1.807, 2.05) is 24.3 Å². The van der Waals surface area contributed by atoms with Gasteiger partial charge in [0.05, 0.1) is 26.9 Å². The van der Waals surface area contributed by atoms with Crippen molar-refractivity contribution >= 4 is 0 Å². The average Bonchev–Trinajstić information content (AvgIpc) is 3.05. The van der Waals surface area contributed by atoms with Crippen molar-refractivity contribution in [2.45, 2.75) is 30.7 Å². The number of hydrogen-bond acceptors (Lipinski definition) is 6. The Morgan fingerprint density at radius 2 is 2.05 bits per heavy atom. The number of benzene rings is 1. The molecule has 0 amide bonds. The first kappa shape index (κ1) is 14.7. The second-order valence-corrected chi connectivity index (χ2v) is 5.30. The monoisotopic (exact) mass is 296 g/mol. The van der Waals surface area contributed by atoms with Crippen LogP contribution in [0.5, 0.6) is 5.75 Å². The standard InChI is InChI=1S/C15H20O6/c1-17-11-5-3-10(4-6-11)7-19-13-12-14(18-2)21-15(13,8-16)9-20-12/h3-6,12-14,16H,7-9H2,1-2H3/t12-,13+,14-,15+/m0/s1. The summed E-state index contributed by atoms with van der Waals surface area (Å²) in [7, 11) is 3.19. The van der Waals surface area contributed by atoms with Gasteiger partial charge in [0.1, 0.15) is 23.6 Å². The predicted molar refractivity (Wildman–Crippen MR) is 73.0 cm³/mol. The van der Waals surface area contributed by atoms with Gasteiger partial charge in [-0.2, -0.15) is 0 Å². The van der Waals surface area contributed by atoms with E-state index in [1.165, 1.54) is 0 Å². The van der Waals surface area contributed by atoms with Crippen LogP contribution in [0.3, 0.4) is 0 Å². The quantitative estimate of drug-likeness (QED) is 0.834. The second-order valence-electron chi connectivity index (χ2n) is 5.30. The van der Waals surface area contributed by atoms with Crippen molar-refractivity contribution in [2.75, 3.05) is 27.4 Å².